The van der Waals surface area contributed by atoms with Gasteiger partial charge in [-0.15, -0.1) is 0 Å². The Kier molecular flexibility index (Phi) is 1.83. The highest BCUT2D eigenvalue weighted by Crippen LogP contribution is 2.39. The van der Waals surface area contributed by atoms with Crippen molar-refractivity contribution in [2.75, 3.05) is 26.7 Å². The van der Waals surface area contributed by atoms with Gasteiger partial charge in [0.15, 0.2) is 0 Å². The van der Waals surface area contributed by atoms with Crippen LogP contribution in [0.2, 0.25) is 0 Å². The van der Waals surface area contributed by atoms with Gasteiger partial charge in [0, 0.05) is 25.2 Å². The Bertz CT molecular complexity index is 207. The third-order valence-electron chi connectivity index (χ3n) is 2.88. The Morgan fingerprint density at radius 1 is 1.50 bits per heavy atom. The largest absolute Gasteiger partial charge is 0.504 e. The Hall–Kier alpha value is -0.570. The highest BCUT2D eigenvalue weighted by atomic mass is 19.1. The molecule has 0 saturated carbocycles. The lowest BCUT2D eigenvalue weighted by Gasteiger charge is -2.44. The number of ether oxygens (including phenoxy) is 1. The first-order valence-electron chi connectivity index (χ1n) is 4.38. The molecule has 3 heterocycles. The summed E-state index contributed by atoms with van der Waals surface area (Å²) in [4.78, 5) is 2.27. The van der Waals surface area contributed by atoms with E-state index in [0.717, 1.165) is 25.2 Å². The van der Waals surface area contributed by atoms with E-state index in [1.165, 1.54) is 0 Å². The predicted octanol–water partition coefficient (Wildman–Crippen LogP) is 1.33. The van der Waals surface area contributed by atoms with Crippen LogP contribution in [0.4, 0.5) is 4.39 Å². The quantitative estimate of drug-likeness (QED) is 0.552. The van der Waals surface area contributed by atoms with Crippen LogP contribution in [-0.4, -0.2) is 37.3 Å². The topological polar surface area (TPSA) is 12.5 Å². The SMILES string of the molecule is CO/C=C1/CN2CCC1(F)CC2. The van der Waals surface area contributed by atoms with Crippen molar-refractivity contribution in [2.24, 2.45) is 0 Å². The molecule has 3 rings (SSSR count). The van der Waals surface area contributed by atoms with E-state index in [1.807, 2.05) is 0 Å². The summed E-state index contributed by atoms with van der Waals surface area (Å²) in [6.07, 6.45) is 2.86. The lowest BCUT2D eigenvalue weighted by atomic mass is 9.81. The summed E-state index contributed by atoms with van der Waals surface area (Å²) in [5.41, 5.74) is -0.229. The van der Waals surface area contributed by atoms with E-state index in [-0.39, 0.29) is 0 Å². The molecule has 0 aromatic heterocycles. The molecule has 0 aliphatic carbocycles. The minimum atomic E-state index is -1.05. The van der Waals surface area contributed by atoms with E-state index < -0.39 is 5.67 Å². The smallest absolute Gasteiger partial charge is 0.139 e. The Balaban J connectivity index is 2.21. The minimum Gasteiger partial charge on any atom is -0.504 e. The third-order valence-corrected chi connectivity index (χ3v) is 2.88. The van der Waals surface area contributed by atoms with Crippen LogP contribution < -0.4 is 0 Å². The number of piperidine rings is 3. The lowest BCUT2D eigenvalue weighted by molar-refractivity contribution is 0.0415. The Morgan fingerprint density at radius 2 is 2.17 bits per heavy atom. The van der Waals surface area contributed by atoms with Gasteiger partial charge in [-0.2, -0.15) is 0 Å². The molecule has 3 aliphatic heterocycles. The van der Waals surface area contributed by atoms with Crippen molar-refractivity contribution in [3.8, 4) is 0 Å². The number of hydrogen-bond acceptors (Lipinski definition) is 2. The van der Waals surface area contributed by atoms with Gasteiger partial charge >= 0.3 is 0 Å². The zero-order valence-corrected chi connectivity index (χ0v) is 7.35. The van der Waals surface area contributed by atoms with Crippen LogP contribution in [0.15, 0.2) is 11.8 Å². The molecular formula is C9H14FNO. The van der Waals surface area contributed by atoms with E-state index in [9.17, 15) is 4.39 Å². The van der Waals surface area contributed by atoms with Crippen LogP contribution in [0.3, 0.4) is 0 Å². The Labute approximate surface area is 72.0 Å². The van der Waals surface area contributed by atoms with Crippen LogP contribution in [0.25, 0.3) is 0 Å². The lowest BCUT2D eigenvalue weighted by Crippen LogP contribution is -2.51. The second-order valence-electron chi connectivity index (χ2n) is 3.62. The molecule has 12 heavy (non-hydrogen) atoms. The first kappa shape index (κ1) is 8.05. The van der Waals surface area contributed by atoms with E-state index in [2.05, 4.69) is 4.90 Å². The molecule has 3 heteroatoms. The van der Waals surface area contributed by atoms with E-state index in [1.54, 1.807) is 13.4 Å². The number of fused-ring (bicyclic) bond motifs is 3. The molecule has 0 spiro atoms. The maximum absolute atomic E-state index is 14.0. The highest BCUT2D eigenvalue weighted by molar-refractivity contribution is 5.22. The van der Waals surface area contributed by atoms with Gasteiger partial charge in [0.05, 0.1) is 13.4 Å². The van der Waals surface area contributed by atoms with Crippen molar-refractivity contribution in [1.29, 1.82) is 0 Å². The average Bonchev–Trinajstić information content (AvgIpc) is 2.08. The number of alkyl halides is 1. The molecule has 0 aromatic carbocycles. The van der Waals surface area contributed by atoms with Crippen LogP contribution in [0.5, 0.6) is 0 Å². The molecule has 0 radical (unpaired) electrons. The fourth-order valence-corrected chi connectivity index (χ4v) is 2.05. The molecule has 3 fully saturated rings. The molecule has 0 aromatic rings. The summed E-state index contributed by atoms with van der Waals surface area (Å²) in [5.74, 6) is 0. The molecule has 3 saturated heterocycles. The van der Waals surface area contributed by atoms with Crippen molar-refractivity contribution in [3.05, 3.63) is 11.8 Å². The molecule has 0 unspecified atom stereocenters. The summed E-state index contributed by atoms with van der Waals surface area (Å²) in [6, 6.07) is 0. The van der Waals surface area contributed by atoms with Gasteiger partial charge < -0.3 is 4.74 Å². The normalized spacial score (nSPS) is 43.5. The van der Waals surface area contributed by atoms with Crippen molar-refractivity contribution < 1.29 is 9.13 Å². The standard InChI is InChI=1S/C9H14FNO/c1-12-7-8-6-11-4-2-9(8,10)3-5-11/h7H,2-6H2,1H3/b8-7-. The first-order chi connectivity index (χ1) is 5.74. The fourth-order valence-electron chi connectivity index (χ4n) is 2.05. The van der Waals surface area contributed by atoms with Gasteiger partial charge in [-0.1, -0.05) is 0 Å². The van der Waals surface area contributed by atoms with Gasteiger partial charge in [0.25, 0.3) is 0 Å². The highest BCUT2D eigenvalue weighted by Gasteiger charge is 2.43. The molecule has 2 bridgehead atoms. The van der Waals surface area contributed by atoms with Gasteiger partial charge in [-0.3, -0.25) is 4.90 Å². The number of nitrogens with zero attached hydrogens (tertiary/aromatic N) is 1. The molecular weight excluding hydrogens is 157 g/mol. The van der Waals surface area contributed by atoms with Crippen LogP contribution in [-0.2, 0) is 4.74 Å². The fraction of sp³-hybridized carbons (Fsp3) is 0.778. The molecule has 0 amide bonds. The first-order valence-corrected chi connectivity index (χ1v) is 4.38. The number of methoxy groups -OCH3 is 1. The zero-order valence-electron chi connectivity index (χ0n) is 7.35. The zero-order chi connectivity index (χ0) is 8.60. The summed E-state index contributed by atoms with van der Waals surface area (Å²) >= 11 is 0. The molecule has 0 N–H and O–H groups in total. The summed E-state index contributed by atoms with van der Waals surface area (Å²) in [7, 11) is 1.58. The van der Waals surface area contributed by atoms with Crippen LogP contribution >= 0.6 is 0 Å². The molecule has 68 valence electrons. The van der Waals surface area contributed by atoms with E-state index in [4.69, 9.17) is 4.74 Å². The van der Waals surface area contributed by atoms with Crippen LogP contribution in [0, 0.1) is 0 Å². The summed E-state index contributed by atoms with van der Waals surface area (Å²) < 4.78 is 18.9. The second kappa shape index (κ2) is 2.73. The Morgan fingerprint density at radius 3 is 2.67 bits per heavy atom. The second-order valence-corrected chi connectivity index (χ2v) is 3.62. The summed E-state index contributed by atoms with van der Waals surface area (Å²) in [6.45, 7) is 2.56. The number of halogens is 1. The predicted molar refractivity (Wildman–Crippen MR) is 44.6 cm³/mol. The third kappa shape index (κ3) is 1.12. The number of rotatable bonds is 1. The minimum absolute atomic E-state index is 0.641. The molecule has 3 aliphatic rings. The van der Waals surface area contributed by atoms with Crippen molar-refractivity contribution in [1.82, 2.24) is 4.90 Å². The van der Waals surface area contributed by atoms with Gasteiger partial charge in [-0.25, -0.2) is 4.39 Å². The van der Waals surface area contributed by atoms with E-state index in [0.29, 0.717) is 12.8 Å². The average molecular weight is 171 g/mol. The van der Waals surface area contributed by atoms with Crippen LogP contribution in [0.1, 0.15) is 12.8 Å². The van der Waals surface area contributed by atoms with E-state index >= 15 is 0 Å². The maximum atomic E-state index is 14.0. The van der Waals surface area contributed by atoms with Gasteiger partial charge in [0.1, 0.15) is 5.67 Å². The summed E-state index contributed by atoms with van der Waals surface area (Å²) in [5, 5.41) is 0. The van der Waals surface area contributed by atoms with Crippen molar-refractivity contribution >= 4 is 0 Å². The molecule has 0 atom stereocenters. The van der Waals surface area contributed by atoms with Gasteiger partial charge in [-0.05, 0) is 12.8 Å². The van der Waals surface area contributed by atoms with Gasteiger partial charge in [0.2, 0.25) is 0 Å². The monoisotopic (exact) mass is 171 g/mol. The van der Waals surface area contributed by atoms with Crippen molar-refractivity contribution in [2.45, 2.75) is 18.5 Å². The van der Waals surface area contributed by atoms with Crippen molar-refractivity contribution in [3.63, 3.8) is 0 Å². The maximum Gasteiger partial charge on any atom is 0.139 e. The number of hydrogen-bond donors (Lipinski definition) is 0. The molecule has 2 nitrogen and oxygen atoms in total.